The van der Waals surface area contributed by atoms with Gasteiger partial charge in [-0.05, 0) is 30.3 Å². The van der Waals surface area contributed by atoms with Crippen LogP contribution >= 0.6 is 46.3 Å². The first-order valence-corrected chi connectivity index (χ1v) is 11.6. The number of fused-ring (bicyclic) bond motifs is 1. The maximum atomic E-state index is 12.3. The van der Waals surface area contributed by atoms with Crippen molar-refractivity contribution in [2.45, 2.75) is 10.9 Å². The zero-order valence-corrected chi connectivity index (χ0v) is 18.8. The summed E-state index contributed by atoms with van der Waals surface area (Å²) in [6, 6.07) is 10.6. The van der Waals surface area contributed by atoms with Crippen LogP contribution in [0.25, 0.3) is 22.0 Å². The van der Waals surface area contributed by atoms with Crippen LogP contribution in [0.1, 0.15) is 5.69 Å². The van der Waals surface area contributed by atoms with Crippen molar-refractivity contribution >= 4 is 51.3 Å². The Balaban J connectivity index is 1.55. The van der Waals surface area contributed by atoms with Crippen LogP contribution in [0.4, 0.5) is 0 Å². The molecule has 0 fully saturated rings. The molecule has 0 aliphatic rings. The van der Waals surface area contributed by atoms with Crippen LogP contribution in [-0.2, 0) is 5.75 Å². The fourth-order valence-electron chi connectivity index (χ4n) is 3.00. The van der Waals surface area contributed by atoms with E-state index in [1.165, 1.54) is 33.6 Å². The number of rotatable bonds is 5. The van der Waals surface area contributed by atoms with E-state index < -0.39 is 0 Å². The van der Waals surface area contributed by atoms with Gasteiger partial charge in [0.05, 0.1) is 21.4 Å². The number of nitrogens with zero attached hydrogens (tertiary/aromatic N) is 6. The number of thiazole rings is 1. The predicted octanol–water partition coefficient (Wildman–Crippen LogP) is 5.00. The third kappa shape index (κ3) is 3.97. The minimum Gasteiger partial charge on any atom is -0.270 e. The molecular formula is C20H12Cl2N6OS2. The second-order valence-electron chi connectivity index (χ2n) is 6.41. The monoisotopic (exact) mass is 486 g/mol. The van der Waals surface area contributed by atoms with Gasteiger partial charge in [0, 0.05) is 41.4 Å². The summed E-state index contributed by atoms with van der Waals surface area (Å²) < 4.78 is 3.41. The zero-order chi connectivity index (χ0) is 21.4. The van der Waals surface area contributed by atoms with Crippen LogP contribution in [0, 0.1) is 0 Å². The van der Waals surface area contributed by atoms with E-state index in [-0.39, 0.29) is 5.56 Å². The Bertz CT molecular complexity index is 1450. The lowest BCUT2D eigenvalue weighted by atomic mass is 10.2. The molecule has 0 spiro atoms. The Kier molecular flexibility index (Phi) is 5.49. The molecule has 0 N–H and O–H groups in total. The minimum atomic E-state index is -0.108. The normalized spacial score (nSPS) is 11.3. The highest BCUT2D eigenvalue weighted by molar-refractivity contribution is 7.98. The summed E-state index contributed by atoms with van der Waals surface area (Å²) in [6.07, 6.45) is 5.14. The first-order valence-electron chi connectivity index (χ1n) is 9.00. The molecule has 0 atom stereocenters. The fraction of sp³-hybridized carbons (Fsp3) is 0.0500. The van der Waals surface area contributed by atoms with Crippen molar-refractivity contribution in [1.29, 1.82) is 0 Å². The lowest BCUT2D eigenvalue weighted by molar-refractivity contribution is 0.884. The SMILES string of the molecule is O=c1cc(CSc2nnc(-c3cccnc3)n2-c2ccc(Cl)c(Cl)c2)nc2sccn12. The number of halogens is 2. The van der Waals surface area contributed by atoms with Crippen LogP contribution in [0.15, 0.2) is 70.3 Å². The second kappa shape index (κ2) is 8.43. The van der Waals surface area contributed by atoms with E-state index in [1.54, 1.807) is 30.7 Å². The van der Waals surface area contributed by atoms with Gasteiger partial charge in [0.2, 0.25) is 0 Å². The molecule has 4 heterocycles. The highest BCUT2D eigenvalue weighted by Crippen LogP contribution is 2.32. The lowest BCUT2D eigenvalue weighted by Gasteiger charge is -2.11. The minimum absolute atomic E-state index is 0.108. The summed E-state index contributed by atoms with van der Waals surface area (Å²) in [7, 11) is 0. The number of benzene rings is 1. The average molecular weight is 487 g/mol. The summed E-state index contributed by atoms with van der Waals surface area (Å²) >= 11 is 15.2. The third-order valence-electron chi connectivity index (χ3n) is 4.42. The zero-order valence-electron chi connectivity index (χ0n) is 15.6. The van der Waals surface area contributed by atoms with Crippen molar-refractivity contribution in [3.63, 3.8) is 0 Å². The highest BCUT2D eigenvalue weighted by Gasteiger charge is 2.18. The van der Waals surface area contributed by atoms with Gasteiger partial charge in [0.1, 0.15) is 0 Å². The third-order valence-corrected chi connectivity index (χ3v) is 6.88. The number of hydrogen-bond donors (Lipinski definition) is 0. The van der Waals surface area contributed by atoms with Gasteiger partial charge in [0.25, 0.3) is 5.56 Å². The lowest BCUT2D eigenvalue weighted by Crippen LogP contribution is -2.12. The summed E-state index contributed by atoms with van der Waals surface area (Å²) in [5.74, 6) is 1.08. The summed E-state index contributed by atoms with van der Waals surface area (Å²) in [6.45, 7) is 0. The molecule has 0 bridgehead atoms. The molecule has 0 amide bonds. The van der Waals surface area contributed by atoms with Crippen molar-refractivity contribution in [1.82, 2.24) is 29.1 Å². The van der Waals surface area contributed by atoms with E-state index in [0.29, 0.717) is 37.4 Å². The van der Waals surface area contributed by atoms with Crippen molar-refractivity contribution in [2.75, 3.05) is 0 Å². The molecule has 0 unspecified atom stereocenters. The van der Waals surface area contributed by atoms with E-state index in [9.17, 15) is 4.79 Å². The van der Waals surface area contributed by atoms with E-state index in [2.05, 4.69) is 20.2 Å². The Labute approximate surface area is 194 Å². The predicted molar refractivity (Wildman–Crippen MR) is 124 cm³/mol. The van der Waals surface area contributed by atoms with Gasteiger partial charge in [-0.25, -0.2) is 4.98 Å². The number of hydrogen-bond acceptors (Lipinski definition) is 7. The van der Waals surface area contributed by atoms with Gasteiger partial charge in [-0.3, -0.25) is 18.7 Å². The number of aromatic nitrogens is 6. The molecule has 154 valence electrons. The number of thioether (sulfide) groups is 1. The van der Waals surface area contributed by atoms with Crippen molar-refractivity contribution < 1.29 is 0 Å². The molecule has 5 aromatic rings. The topological polar surface area (TPSA) is 78.0 Å². The van der Waals surface area contributed by atoms with Crippen LogP contribution in [-0.4, -0.2) is 29.1 Å². The Morgan fingerprint density at radius 3 is 2.81 bits per heavy atom. The second-order valence-corrected chi connectivity index (χ2v) is 9.04. The van der Waals surface area contributed by atoms with Crippen molar-refractivity contribution in [3.05, 3.63) is 86.5 Å². The van der Waals surface area contributed by atoms with E-state index in [4.69, 9.17) is 23.2 Å². The van der Waals surface area contributed by atoms with E-state index in [1.807, 2.05) is 28.1 Å². The quantitative estimate of drug-likeness (QED) is 0.325. The maximum Gasteiger partial charge on any atom is 0.258 e. The number of pyridine rings is 1. The first kappa shape index (κ1) is 20.2. The van der Waals surface area contributed by atoms with Crippen molar-refractivity contribution in [3.8, 4) is 17.1 Å². The fourth-order valence-corrected chi connectivity index (χ4v) is 4.88. The average Bonchev–Trinajstić information content (AvgIpc) is 3.42. The van der Waals surface area contributed by atoms with Gasteiger partial charge in [-0.1, -0.05) is 35.0 Å². The molecule has 11 heteroatoms. The molecule has 0 saturated carbocycles. The molecule has 31 heavy (non-hydrogen) atoms. The van der Waals surface area contributed by atoms with Gasteiger partial charge in [-0.2, -0.15) is 0 Å². The Morgan fingerprint density at radius 1 is 1.10 bits per heavy atom. The molecule has 4 aromatic heterocycles. The maximum absolute atomic E-state index is 12.3. The van der Waals surface area contributed by atoms with Gasteiger partial charge < -0.3 is 0 Å². The summed E-state index contributed by atoms with van der Waals surface area (Å²) in [5, 5.41) is 12.1. The van der Waals surface area contributed by atoms with Crippen molar-refractivity contribution in [2.24, 2.45) is 0 Å². The first-order chi connectivity index (χ1) is 15.1. The largest absolute Gasteiger partial charge is 0.270 e. The van der Waals surface area contributed by atoms with Crippen LogP contribution in [0.2, 0.25) is 10.0 Å². The molecule has 1 aromatic carbocycles. The van der Waals surface area contributed by atoms with Gasteiger partial charge in [-0.15, -0.1) is 21.5 Å². The van der Waals surface area contributed by atoms with E-state index in [0.717, 1.165) is 11.3 Å². The molecule has 5 rings (SSSR count). The molecule has 0 radical (unpaired) electrons. The molecular weight excluding hydrogens is 475 g/mol. The van der Waals surface area contributed by atoms with Gasteiger partial charge in [0.15, 0.2) is 15.9 Å². The Morgan fingerprint density at radius 2 is 2.00 bits per heavy atom. The van der Waals surface area contributed by atoms with Gasteiger partial charge >= 0.3 is 0 Å². The molecule has 0 saturated heterocycles. The standard InChI is InChI=1S/C20H12Cl2N6OS2/c21-15-4-3-14(9-16(15)22)28-18(12-2-1-5-23-10-12)25-26-20(28)31-11-13-8-17(29)27-6-7-30-19(27)24-13/h1-10H,11H2. The van der Waals surface area contributed by atoms with E-state index >= 15 is 0 Å². The smallest absolute Gasteiger partial charge is 0.258 e. The Hall–Kier alpha value is -2.72. The summed E-state index contributed by atoms with van der Waals surface area (Å²) in [5.41, 5.74) is 2.14. The summed E-state index contributed by atoms with van der Waals surface area (Å²) in [4.78, 5) is 21.7. The van der Waals surface area contributed by atoms with Crippen LogP contribution in [0.5, 0.6) is 0 Å². The van der Waals surface area contributed by atoms with Crippen LogP contribution in [0.3, 0.4) is 0 Å². The molecule has 7 nitrogen and oxygen atoms in total. The highest BCUT2D eigenvalue weighted by atomic mass is 35.5. The molecule has 0 aliphatic heterocycles. The van der Waals surface area contributed by atoms with Crippen LogP contribution < -0.4 is 5.56 Å². The molecule has 0 aliphatic carbocycles.